The minimum Gasteiger partial charge on any atom is -0.354 e. The fourth-order valence-electron chi connectivity index (χ4n) is 1.86. The highest BCUT2D eigenvalue weighted by atomic mass is 35.5. The first kappa shape index (κ1) is 16.0. The van der Waals surface area contributed by atoms with Gasteiger partial charge in [0.25, 0.3) is 0 Å². The monoisotopic (exact) mass is 332 g/mol. The molecule has 2 atom stereocenters. The van der Waals surface area contributed by atoms with Crippen molar-refractivity contribution in [3.8, 4) is 0 Å². The zero-order valence-corrected chi connectivity index (χ0v) is 13.6. The molecule has 1 aromatic rings. The zero-order valence-electron chi connectivity index (χ0n) is 11.2. The van der Waals surface area contributed by atoms with Gasteiger partial charge in [0.15, 0.2) is 0 Å². The van der Waals surface area contributed by atoms with Crippen molar-refractivity contribution in [2.75, 3.05) is 6.54 Å². The number of hydrogen-bond donors (Lipinski definition) is 2. The lowest BCUT2D eigenvalue weighted by atomic mass is 10.2. The van der Waals surface area contributed by atoms with Gasteiger partial charge in [-0.3, -0.25) is 4.79 Å². The molecule has 0 spiro atoms. The molecular weight excluding hydrogens is 315 g/mol. The summed E-state index contributed by atoms with van der Waals surface area (Å²) in [5.74, 6) is 0.558. The van der Waals surface area contributed by atoms with Crippen molar-refractivity contribution in [3.63, 3.8) is 0 Å². The number of halogens is 2. The van der Waals surface area contributed by atoms with E-state index >= 15 is 0 Å². The first-order valence-corrected chi connectivity index (χ1v) is 8.26. The van der Waals surface area contributed by atoms with Crippen molar-refractivity contribution in [1.29, 1.82) is 0 Å². The molecule has 1 fully saturated rings. The van der Waals surface area contributed by atoms with Crippen molar-refractivity contribution in [2.24, 2.45) is 11.7 Å². The zero-order chi connectivity index (χ0) is 14.7. The van der Waals surface area contributed by atoms with Crippen LogP contribution in [0.3, 0.4) is 0 Å². The smallest absolute Gasteiger partial charge is 0.233 e. The Morgan fingerprint density at radius 2 is 2.20 bits per heavy atom. The summed E-state index contributed by atoms with van der Waals surface area (Å²) in [6.07, 6.45) is 2.36. The molecule has 0 saturated heterocycles. The molecule has 0 radical (unpaired) electrons. The second-order valence-electron chi connectivity index (χ2n) is 5.08. The Morgan fingerprint density at radius 3 is 2.85 bits per heavy atom. The predicted octanol–water partition coefficient (Wildman–Crippen LogP) is 3.33. The Kier molecular flexibility index (Phi) is 5.61. The van der Waals surface area contributed by atoms with Crippen LogP contribution in [0.15, 0.2) is 23.1 Å². The minimum atomic E-state index is -0.239. The Morgan fingerprint density at radius 1 is 1.50 bits per heavy atom. The average Bonchev–Trinajstić information content (AvgIpc) is 3.24. The van der Waals surface area contributed by atoms with E-state index in [2.05, 4.69) is 5.32 Å². The van der Waals surface area contributed by atoms with Gasteiger partial charge in [0.1, 0.15) is 0 Å². The Hall–Kier alpha value is -0.420. The highest BCUT2D eigenvalue weighted by molar-refractivity contribution is 8.00. The van der Waals surface area contributed by atoms with Crippen LogP contribution in [0, 0.1) is 5.92 Å². The van der Waals surface area contributed by atoms with E-state index in [1.54, 1.807) is 18.2 Å². The Balaban J connectivity index is 1.85. The summed E-state index contributed by atoms with van der Waals surface area (Å²) in [4.78, 5) is 12.8. The van der Waals surface area contributed by atoms with E-state index in [9.17, 15) is 4.79 Å². The molecule has 6 heteroatoms. The number of nitrogens with one attached hydrogen (secondary N) is 1. The molecule has 3 nitrogen and oxygen atoms in total. The third-order valence-electron chi connectivity index (χ3n) is 3.31. The van der Waals surface area contributed by atoms with Crippen LogP contribution in [-0.2, 0) is 4.79 Å². The second kappa shape index (κ2) is 7.03. The quantitative estimate of drug-likeness (QED) is 0.785. The summed E-state index contributed by atoms with van der Waals surface area (Å²) in [6.45, 7) is 2.39. The van der Waals surface area contributed by atoms with Crippen LogP contribution >= 0.6 is 35.0 Å². The maximum Gasteiger partial charge on any atom is 0.233 e. The van der Waals surface area contributed by atoms with Gasteiger partial charge in [0.05, 0.1) is 10.3 Å². The van der Waals surface area contributed by atoms with Crippen LogP contribution in [0.4, 0.5) is 0 Å². The molecule has 0 heterocycles. The van der Waals surface area contributed by atoms with Crippen LogP contribution in [-0.4, -0.2) is 23.7 Å². The van der Waals surface area contributed by atoms with E-state index in [0.29, 0.717) is 22.5 Å². The second-order valence-corrected chi connectivity index (χ2v) is 7.31. The highest BCUT2D eigenvalue weighted by Gasteiger charge is 2.28. The van der Waals surface area contributed by atoms with Crippen LogP contribution in [0.1, 0.15) is 19.8 Å². The first-order chi connectivity index (χ1) is 9.47. The van der Waals surface area contributed by atoms with Gasteiger partial charge < -0.3 is 11.1 Å². The van der Waals surface area contributed by atoms with Gasteiger partial charge in [-0.25, -0.2) is 0 Å². The predicted molar refractivity (Wildman–Crippen MR) is 85.5 cm³/mol. The van der Waals surface area contributed by atoms with E-state index in [-0.39, 0.29) is 17.2 Å². The summed E-state index contributed by atoms with van der Waals surface area (Å²) in [6, 6.07) is 5.31. The number of carbonyl (C=O) groups excluding carboxylic acids is 1. The molecule has 20 heavy (non-hydrogen) atoms. The minimum absolute atomic E-state index is 0.0258. The third-order valence-corrected chi connectivity index (χ3v) is 5.14. The largest absolute Gasteiger partial charge is 0.354 e. The summed E-state index contributed by atoms with van der Waals surface area (Å²) in [5.41, 5.74) is 5.96. The van der Waals surface area contributed by atoms with Crippen LogP contribution < -0.4 is 11.1 Å². The molecule has 0 aliphatic heterocycles. The standard InChI is InChI=1S/C14H18Cl2N2OS/c1-8(14(19)18-7-12(17)9-2-3-9)20-13-6-10(15)4-5-11(13)16/h4-6,8-9,12H,2-3,7,17H2,1H3,(H,18,19). The molecule has 110 valence electrons. The summed E-state index contributed by atoms with van der Waals surface area (Å²) in [7, 11) is 0. The maximum absolute atomic E-state index is 12.0. The van der Waals surface area contributed by atoms with Crippen molar-refractivity contribution in [3.05, 3.63) is 28.2 Å². The number of carbonyl (C=O) groups is 1. The normalized spacial score (nSPS) is 17.6. The molecule has 0 bridgehead atoms. The van der Waals surface area contributed by atoms with Crippen LogP contribution in [0.5, 0.6) is 0 Å². The third kappa shape index (κ3) is 4.55. The van der Waals surface area contributed by atoms with E-state index in [1.807, 2.05) is 6.92 Å². The van der Waals surface area contributed by atoms with Gasteiger partial charge in [0, 0.05) is 22.5 Å². The number of nitrogens with two attached hydrogens (primary N) is 1. The Labute approximate surface area is 133 Å². The van der Waals surface area contributed by atoms with Crippen molar-refractivity contribution in [2.45, 2.75) is 36.0 Å². The summed E-state index contributed by atoms with van der Waals surface area (Å²) in [5, 5.41) is 3.88. The van der Waals surface area contributed by atoms with Crippen molar-refractivity contribution >= 4 is 40.9 Å². The number of amides is 1. The molecule has 0 aromatic heterocycles. The van der Waals surface area contributed by atoms with E-state index in [0.717, 1.165) is 4.90 Å². The van der Waals surface area contributed by atoms with Crippen molar-refractivity contribution < 1.29 is 4.79 Å². The highest BCUT2D eigenvalue weighted by Crippen LogP contribution is 2.33. The van der Waals surface area contributed by atoms with Gasteiger partial charge in [-0.1, -0.05) is 23.2 Å². The number of hydrogen-bond acceptors (Lipinski definition) is 3. The fourth-order valence-corrected chi connectivity index (χ4v) is 3.30. The number of benzene rings is 1. The average molecular weight is 333 g/mol. The molecule has 1 aromatic carbocycles. The van der Waals surface area contributed by atoms with Crippen LogP contribution in [0.25, 0.3) is 0 Å². The topological polar surface area (TPSA) is 55.1 Å². The lowest BCUT2D eigenvalue weighted by Gasteiger charge is -2.15. The van der Waals surface area contributed by atoms with Gasteiger partial charge in [-0.2, -0.15) is 0 Å². The first-order valence-electron chi connectivity index (χ1n) is 6.62. The van der Waals surface area contributed by atoms with E-state index in [1.165, 1.54) is 24.6 Å². The Bertz CT molecular complexity index is 494. The molecule has 2 rings (SSSR count). The fraction of sp³-hybridized carbons (Fsp3) is 0.500. The molecule has 1 aliphatic rings. The van der Waals surface area contributed by atoms with Crippen molar-refractivity contribution in [1.82, 2.24) is 5.32 Å². The number of thioether (sulfide) groups is 1. The van der Waals surface area contributed by atoms with Crippen LogP contribution in [0.2, 0.25) is 10.0 Å². The molecule has 2 unspecified atom stereocenters. The molecular formula is C14H18Cl2N2OS. The van der Waals surface area contributed by atoms with Gasteiger partial charge in [-0.15, -0.1) is 11.8 Å². The molecule has 3 N–H and O–H groups in total. The van der Waals surface area contributed by atoms with Gasteiger partial charge in [0.2, 0.25) is 5.91 Å². The lowest BCUT2D eigenvalue weighted by Crippen LogP contribution is -2.41. The number of rotatable bonds is 6. The molecule has 1 aliphatic carbocycles. The van der Waals surface area contributed by atoms with E-state index in [4.69, 9.17) is 28.9 Å². The summed E-state index contributed by atoms with van der Waals surface area (Å²) < 4.78 is 0. The lowest BCUT2D eigenvalue weighted by molar-refractivity contribution is -0.120. The van der Waals surface area contributed by atoms with E-state index < -0.39 is 0 Å². The SMILES string of the molecule is CC(Sc1cc(Cl)ccc1Cl)C(=O)NCC(N)C1CC1. The van der Waals surface area contributed by atoms with Gasteiger partial charge in [-0.05, 0) is 43.9 Å². The van der Waals surface area contributed by atoms with Gasteiger partial charge >= 0.3 is 0 Å². The maximum atomic E-state index is 12.0. The molecule has 1 amide bonds. The molecule has 1 saturated carbocycles. The summed E-state index contributed by atoms with van der Waals surface area (Å²) >= 11 is 13.4.